The first-order chi connectivity index (χ1) is 12.7. The topological polar surface area (TPSA) is 109 Å². The molecule has 1 unspecified atom stereocenters. The van der Waals surface area contributed by atoms with E-state index in [9.17, 15) is 9.59 Å². The van der Waals surface area contributed by atoms with Gasteiger partial charge in [0.2, 0.25) is 5.91 Å². The van der Waals surface area contributed by atoms with Crippen molar-refractivity contribution in [2.45, 2.75) is 19.6 Å². The Balaban J connectivity index is 1.52. The molecule has 3 aromatic heterocycles. The number of hydrogen-bond acceptors (Lipinski definition) is 6. The van der Waals surface area contributed by atoms with Crippen LogP contribution in [0.1, 0.15) is 21.2 Å². The van der Waals surface area contributed by atoms with Crippen molar-refractivity contribution in [1.29, 1.82) is 0 Å². The molecule has 2 N–H and O–H groups in total. The molecule has 0 aromatic carbocycles. The summed E-state index contributed by atoms with van der Waals surface area (Å²) in [5, 5.41) is 15.6. The zero-order valence-electron chi connectivity index (χ0n) is 13.8. The number of H-pyrrole nitrogens is 1. The summed E-state index contributed by atoms with van der Waals surface area (Å²) in [6.45, 7) is 1.45. The van der Waals surface area contributed by atoms with Crippen LogP contribution in [0, 0.1) is 5.92 Å². The van der Waals surface area contributed by atoms with Gasteiger partial charge in [0, 0.05) is 17.6 Å². The van der Waals surface area contributed by atoms with Gasteiger partial charge in [-0.15, -0.1) is 11.3 Å². The minimum absolute atomic E-state index is 0.107. The SMILES string of the molecule is O=C(NCc1cccs1)C1CN(C(=O)c2ccn[nH]2)Cc2ncnn2C1. The summed E-state index contributed by atoms with van der Waals surface area (Å²) in [6.07, 6.45) is 2.97. The molecule has 2 amide bonds. The van der Waals surface area contributed by atoms with E-state index in [2.05, 4.69) is 25.6 Å². The second-order valence-electron chi connectivity index (χ2n) is 6.01. The van der Waals surface area contributed by atoms with Gasteiger partial charge in [0.25, 0.3) is 5.91 Å². The first kappa shape index (κ1) is 16.5. The fraction of sp³-hybridized carbons (Fsp3) is 0.312. The third-order valence-corrected chi connectivity index (χ3v) is 5.14. The van der Waals surface area contributed by atoms with Crippen LogP contribution in [0.15, 0.2) is 36.1 Å². The second kappa shape index (κ2) is 7.08. The summed E-state index contributed by atoms with van der Waals surface area (Å²) in [5.41, 5.74) is 0.385. The monoisotopic (exact) mass is 371 g/mol. The van der Waals surface area contributed by atoms with Gasteiger partial charge in [-0.05, 0) is 17.5 Å². The van der Waals surface area contributed by atoms with Gasteiger partial charge in [0.05, 0.1) is 25.6 Å². The smallest absolute Gasteiger partial charge is 0.272 e. The highest BCUT2D eigenvalue weighted by atomic mass is 32.1. The number of hydrogen-bond donors (Lipinski definition) is 2. The van der Waals surface area contributed by atoms with Crippen LogP contribution < -0.4 is 5.32 Å². The summed E-state index contributed by atoms with van der Waals surface area (Å²) in [5.74, 6) is -0.0737. The molecule has 0 aliphatic carbocycles. The van der Waals surface area contributed by atoms with Crippen LogP contribution in [0.2, 0.25) is 0 Å². The largest absolute Gasteiger partial charge is 0.351 e. The predicted octanol–water partition coefficient (Wildman–Crippen LogP) is 0.651. The van der Waals surface area contributed by atoms with Gasteiger partial charge in [0.15, 0.2) is 0 Å². The van der Waals surface area contributed by atoms with Crippen molar-refractivity contribution in [3.8, 4) is 0 Å². The summed E-state index contributed by atoms with van der Waals surface area (Å²) >= 11 is 1.59. The maximum atomic E-state index is 12.7. The van der Waals surface area contributed by atoms with Crippen molar-refractivity contribution in [3.63, 3.8) is 0 Å². The van der Waals surface area contributed by atoms with Gasteiger partial charge in [0.1, 0.15) is 17.8 Å². The van der Waals surface area contributed by atoms with Crippen molar-refractivity contribution in [1.82, 2.24) is 35.2 Å². The zero-order chi connectivity index (χ0) is 17.9. The number of aromatic amines is 1. The molecule has 9 nitrogen and oxygen atoms in total. The van der Waals surface area contributed by atoms with E-state index in [1.165, 1.54) is 12.5 Å². The summed E-state index contributed by atoms with van der Waals surface area (Å²) < 4.78 is 1.69. The standard InChI is InChI=1S/C16H17N7O2S/c24-15(17-6-12-2-1-5-26-12)11-7-22(16(25)13-3-4-19-21-13)9-14-18-10-20-23(14)8-11/h1-5,10-11H,6-9H2,(H,17,24)(H,19,21). The Bertz CT molecular complexity index is 888. The lowest BCUT2D eigenvalue weighted by atomic mass is 10.1. The lowest BCUT2D eigenvalue weighted by molar-refractivity contribution is -0.125. The molecule has 0 saturated heterocycles. The highest BCUT2D eigenvalue weighted by Gasteiger charge is 2.31. The molecule has 10 heteroatoms. The quantitative estimate of drug-likeness (QED) is 0.700. The maximum absolute atomic E-state index is 12.7. The molecule has 26 heavy (non-hydrogen) atoms. The molecule has 1 atom stereocenters. The number of carbonyl (C=O) groups is 2. The second-order valence-corrected chi connectivity index (χ2v) is 7.04. The van der Waals surface area contributed by atoms with Gasteiger partial charge in [-0.1, -0.05) is 6.07 Å². The van der Waals surface area contributed by atoms with Gasteiger partial charge in [-0.25, -0.2) is 9.67 Å². The van der Waals surface area contributed by atoms with E-state index in [1.807, 2.05) is 17.5 Å². The van der Waals surface area contributed by atoms with Crippen LogP contribution in [0.3, 0.4) is 0 Å². The number of aromatic nitrogens is 5. The van der Waals surface area contributed by atoms with Crippen molar-refractivity contribution in [2.24, 2.45) is 5.92 Å². The van der Waals surface area contributed by atoms with Crippen molar-refractivity contribution in [3.05, 3.63) is 52.5 Å². The van der Waals surface area contributed by atoms with Gasteiger partial charge in [-0.2, -0.15) is 10.2 Å². The Morgan fingerprint density at radius 3 is 3.04 bits per heavy atom. The van der Waals surface area contributed by atoms with E-state index in [4.69, 9.17) is 0 Å². The zero-order valence-corrected chi connectivity index (χ0v) is 14.6. The van der Waals surface area contributed by atoms with Crippen LogP contribution >= 0.6 is 11.3 Å². The number of carbonyl (C=O) groups excluding carboxylic acids is 2. The van der Waals surface area contributed by atoms with Crippen molar-refractivity contribution in [2.75, 3.05) is 6.54 Å². The van der Waals surface area contributed by atoms with Crippen LogP contribution in [0.4, 0.5) is 0 Å². The number of nitrogens with one attached hydrogen (secondary N) is 2. The molecule has 134 valence electrons. The molecule has 0 saturated carbocycles. The third-order valence-electron chi connectivity index (χ3n) is 4.27. The van der Waals surface area contributed by atoms with Gasteiger partial charge < -0.3 is 10.2 Å². The average Bonchev–Trinajstić information content (AvgIpc) is 3.40. The van der Waals surface area contributed by atoms with Crippen molar-refractivity contribution >= 4 is 23.2 Å². The Hall–Kier alpha value is -3.01. The molecule has 0 radical (unpaired) electrons. The number of nitrogens with zero attached hydrogens (tertiary/aromatic N) is 5. The molecule has 4 heterocycles. The highest BCUT2D eigenvalue weighted by Crippen LogP contribution is 2.17. The van der Waals surface area contributed by atoms with Crippen LogP contribution in [-0.2, 0) is 24.4 Å². The van der Waals surface area contributed by atoms with Crippen molar-refractivity contribution < 1.29 is 9.59 Å². The minimum atomic E-state index is -0.412. The third kappa shape index (κ3) is 3.36. The Morgan fingerprint density at radius 2 is 2.27 bits per heavy atom. The van der Waals surface area contributed by atoms with Gasteiger partial charge >= 0.3 is 0 Å². The Kier molecular flexibility index (Phi) is 4.48. The molecular formula is C16H17N7O2S. The molecule has 0 bridgehead atoms. The number of rotatable bonds is 4. The van der Waals surface area contributed by atoms with E-state index in [1.54, 1.807) is 27.0 Å². The van der Waals surface area contributed by atoms with E-state index < -0.39 is 5.92 Å². The first-order valence-electron chi connectivity index (χ1n) is 8.16. The lowest BCUT2D eigenvalue weighted by Gasteiger charge is -2.22. The molecule has 3 aromatic rings. The molecule has 4 rings (SSSR count). The number of fused-ring (bicyclic) bond motifs is 1. The average molecular weight is 371 g/mol. The molecule has 0 fully saturated rings. The molecular weight excluding hydrogens is 354 g/mol. The summed E-state index contributed by atoms with van der Waals surface area (Å²) in [4.78, 5) is 32.3. The van der Waals surface area contributed by atoms with E-state index >= 15 is 0 Å². The fourth-order valence-electron chi connectivity index (χ4n) is 2.93. The molecule has 0 spiro atoms. The summed E-state index contributed by atoms with van der Waals surface area (Å²) in [6, 6.07) is 5.54. The summed E-state index contributed by atoms with van der Waals surface area (Å²) in [7, 11) is 0. The van der Waals surface area contributed by atoms with Crippen LogP contribution in [0.25, 0.3) is 0 Å². The first-order valence-corrected chi connectivity index (χ1v) is 9.04. The fourth-order valence-corrected chi connectivity index (χ4v) is 3.57. The van der Waals surface area contributed by atoms with Crippen LogP contribution in [0.5, 0.6) is 0 Å². The molecule has 1 aliphatic rings. The normalized spacial score (nSPS) is 16.8. The van der Waals surface area contributed by atoms with Crippen LogP contribution in [-0.4, -0.2) is 48.2 Å². The predicted molar refractivity (Wildman–Crippen MR) is 93.0 cm³/mol. The van der Waals surface area contributed by atoms with E-state index in [0.717, 1.165) is 4.88 Å². The van der Waals surface area contributed by atoms with E-state index in [0.29, 0.717) is 37.7 Å². The lowest BCUT2D eigenvalue weighted by Crippen LogP contribution is -2.41. The number of amides is 2. The molecule has 1 aliphatic heterocycles. The Labute approximate surface area is 153 Å². The Morgan fingerprint density at radius 1 is 1.35 bits per heavy atom. The number of thiophene rings is 1. The van der Waals surface area contributed by atoms with Gasteiger partial charge in [-0.3, -0.25) is 14.7 Å². The maximum Gasteiger partial charge on any atom is 0.272 e. The highest BCUT2D eigenvalue weighted by molar-refractivity contribution is 7.09. The van der Waals surface area contributed by atoms with E-state index in [-0.39, 0.29) is 11.8 Å². The minimum Gasteiger partial charge on any atom is -0.351 e.